The van der Waals surface area contributed by atoms with Crippen molar-refractivity contribution in [1.29, 1.82) is 0 Å². The maximum Gasteiger partial charge on any atom is 0.270 e. The maximum absolute atomic E-state index is 13.9. The number of para-hydroxylation sites is 2. The second kappa shape index (κ2) is 9.17. The number of carbonyl (C=O) groups excluding carboxylic acids is 1. The molecule has 0 spiro atoms. The Hall–Kier alpha value is -3.06. The molecule has 6 nitrogen and oxygen atoms in total. The Morgan fingerprint density at radius 1 is 1.20 bits per heavy atom. The lowest BCUT2D eigenvalue weighted by Crippen LogP contribution is -2.47. The summed E-state index contributed by atoms with van der Waals surface area (Å²) in [6.45, 7) is 2.11. The molecule has 1 fully saturated rings. The van der Waals surface area contributed by atoms with Gasteiger partial charge in [-0.2, -0.15) is 0 Å². The Labute approximate surface area is 174 Å². The first-order chi connectivity index (χ1) is 14.6. The van der Waals surface area contributed by atoms with Crippen molar-refractivity contribution in [3.63, 3.8) is 0 Å². The summed E-state index contributed by atoms with van der Waals surface area (Å²) < 4.78 is 13.9. The van der Waals surface area contributed by atoms with Gasteiger partial charge in [-0.1, -0.05) is 30.3 Å². The average Bonchev–Trinajstić information content (AvgIpc) is 2.74. The molecule has 30 heavy (non-hydrogen) atoms. The summed E-state index contributed by atoms with van der Waals surface area (Å²) in [5.41, 5.74) is 2.19. The molecule has 0 bridgehead atoms. The number of rotatable bonds is 6. The van der Waals surface area contributed by atoms with Crippen molar-refractivity contribution in [2.75, 3.05) is 13.1 Å². The van der Waals surface area contributed by atoms with Crippen LogP contribution in [-0.4, -0.2) is 39.9 Å². The van der Waals surface area contributed by atoms with Gasteiger partial charge in [0.1, 0.15) is 11.5 Å². The summed E-state index contributed by atoms with van der Waals surface area (Å²) >= 11 is 0. The number of benzene rings is 2. The Bertz CT molecular complexity index is 1100. The van der Waals surface area contributed by atoms with E-state index in [1.165, 1.54) is 6.07 Å². The molecular weight excluding hydrogens is 383 g/mol. The van der Waals surface area contributed by atoms with E-state index in [2.05, 4.69) is 20.2 Å². The second-order valence-corrected chi connectivity index (χ2v) is 7.76. The van der Waals surface area contributed by atoms with E-state index in [4.69, 9.17) is 0 Å². The van der Waals surface area contributed by atoms with Gasteiger partial charge in [0.05, 0.1) is 11.0 Å². The van der Waals surface area contributed by atoms with Crippen LogP contribution >= 0.6 is 0 Å². The van der Waals surface area contributed by atoms with E-state index >= 15 is 0 Å². The molecule has 0 aliphatic carbocycles. The van der Waals surface area contributed by atoms with Gasteiger partial charge in [-0.15, -0.1) is 0 Å². The number of H-pyrrole nitrogens is 1. The molecule has 3 aromatic rings. The number of hydrogen-bond donors (Lipinski definition) is 2. The number of amides is 1. The number of aromatic nitrogens is 2. The zero-order chi connectivity index (χ0) is 20.9. The van der Waals surface area contributed by atoms with Gasteiger partial charge in [-0.25, -0.2) is 9.37 Å². The highest BCUT2D eigenvalue weighted by molar-refractivity contribution is 5.77. The minimum Gasteiger partial charge on any atom is -0.352 e. The number of likely N-dealkylation sites (tertiary alicyclic amines) is 1. The lowest BCUT2D eigenvalue weighted by Gasteiger charge is -2.33. The SMILES string of the molecule is O=C(CCc1nc2ccccc2[nH]c1=O)N[C@H]1CCCN(Cc2ccccc2F)C1. The van der Waals surface area contributed by atoms with Gasteiger partial charge in [-0.05, 0) is 37.6 Å². The Morgan fingerprint density at radius 2 is 2.00 bits per heavy atom. The zero-order valence-electron chi connectivity index (χ0n) is 16.7. The number of nitrogens with zero attached hydrogens (tertiary/aromatic N) is 2. The topological polar surface area (TPSA) is 78.1 Å². The zero-order valence-corrected chi connectivity index (χ0v) is 16.7. The smallest absolute Gasteiger partial charge is 0.270 e. The first-order valence-corrected chi connectivity index (χ1v) is 10.3. The molecule has 0 radical (unpaired) electrons. The molecule has 4 rings (SSSR count). The molecule has 2 heterocycles. The van der Waals surface area contributed by atoms with Gasteiger partial charge < -0.3 is 10.3 Å². The molecule has 2 aromatic carbocycles. The van der Waals surface area contributed by atoms with Crippen molar-refractivity contribution in [3.05, 3.63) is 76.0 Å². The third-order valence-corrected chi connectivity index (χ3v) is 5.48. The summed E-state index contributed by atoms with van der Waals surface area (Å²) in [5.74, 6) is -0.293. The fraction of sp³-hybridized carbons (Fsp3) is 0.348. The van der Waals surface area contributed by atoms with Crippen molar-refractivity contribution >= 4 is 16.9 Å². The van der Waals surface area contributed by atoms with E-state index in [-0.39, 0.29) is 36.2 Å². The molecule has 1 aromatic heterocycles. The van der Waals surface area contributed by atoms with Crippen LogP contribution in [0, 0.1) is 5.82 Å². The van der Waals surface area contributed by atoms with Gasteiger partial charge in [0.2, 0.25) is 5.91 Å². The molecule has 1 atom stereocenters. The van der Waals surface area contributed by atoms with E-state index in [9.17, 15) is 14.0 Å². The van der Waals surface area contributed by atoms with Crippen molar-refractivity contribution in [3.8, 4) is 0 Å². The summed E-state index contributed by atoms with van der Waals surface area (Å²) in [6, 6.07) is 14.2. The van der Waals surface area contributed by atoms with Gasteiger partial charge >= 0.3 is 0 Å². The van der Waals surface area contributed by atoms with Gasteiger partial charge in [0, 0.05) is 37.5 Å². The van der Waals surface area contributed by atoms with Crippen molar-refractivity contribution < 1.29 is 9.18 Å². The third-order valence-electron chi connectivity index (χ3n) is 5.48. The highest BCUT2D eigenvalue weighted by Crippen LogP contribution is 2.16. The molecule has 0 unspecified atom stereocenters. The molecular formula is C23H25FN4O2. The molecule has 7 heteroatoms. The van der Waals surface area contributed by atoms with Crippen LogP contribution in [-0.2, 0) is 17.8 Å². The molecule has 1 aliphatic heterocycles. The van der Waals surface area contributed by atoms with Crippen LogP contribution in [0.3, 0.4) is 0 Å². The fourth-order valence-corrected chi connectivity index (χ4v) is 3.95. The highest BCUT2D eigenvalue weighted by atomic mass is 19.1. The number of aromatic amines is 1. The molecule has 156 valence electrons. The molecule has 1 aliphatic rings. The Balaban J connectivity index is 1.31. The van der Waals surface area contributed by atoms with Gasteiger partial charge in [-0.3, -0.25) is 14.5 Å². The normalized spacial score (nSPS) is 17.2. The minimum absolute atomic E-state index is 0.0286. The predicted octanol–water partition coefficient (Wildman–Crippen LogP) is 2.78. The van der Waals surface area contributed by atoms with E-state index in [0.29, 0.717) is 35.4 Å². The number of halogens is 1. The van der Waals surface area contributed by atoms with Crippen molar-refractivity contribution in [2.24, 2.45) is 0 Å². The quantitative estimate of drug-likeness (QED) is 0.658. The lowest BCUT2D eigenvalue weighted by atomic mass is 10.0. The Morgan fingerprint density at radius 3 is 2.87 bits per heavy atom. The molecule has 1 saturated heterocycles. The van der Waals surface area contributed by atoms with E-state index in [1.807, 2.05) is 24.3 Å². The minimum atomic E-state index is -0.254. The first-order valence-electron chi connectivity index (χ1n) is 10.3. The Kier molecular flexibility index (Phi) is 6.18. The number of piperidine rings is 1. The second-order valence-electron chi connectivity index (χ2n) is 7.76. The van der Waals surface area contributed by atoms with Crippen LogP contribution in [0.1, 0.15) is 30.5 Å². The first kappa shape index (κ1) is 20.2. The van der Waals surface area contributed by atoms with E-state index < -0.39 is 0 Å². The molecule has 0 saturated carbocycles. The predicted molar refractivity (Wildman–Crippen MR) is 114 cm³/mol. The highest BCUT2D eigenvalue weighted by Gasteiger charge is 2.22. The standard InChI is InChI=1S/C23H25FN4O2/c24-18-8-2-1-6-16(18)14-28-13-5-7-17(15-28)25-22(29)12-11-21-23(30)27-20-10-4-3-9-19(20)26-21/h1-4,6,8-10,17H,5,7,11-15H2,(H,25,29)(H,27,30)/t17-/m0/s1. The van der Waals surface area contributed by atoms with E-state index in [1.54, 1.807) is 18.2 Å². The number of fused-ring (bicyclic) bond motifs is 1. The summed E-state index contributed by atoms with van der Waals surface area (Å²) in [7, 11) is 0. The van der Waals surface area contributed by atoms with Crippen LogP contribution < -0.4 is 10.9 Å². The van der Waals surface area contributed by atoms with Crippen LogP contribution in [0.5, 0.6) is 0 Å². The largest absolute Gasteiger partial charge is 0.352 e. The van der Waals surface area contributed by atoms with Crippen LogP contribution in [0.4, 0.5) is 4.39 Å². The maximum atomic E-state index is 13.9. The molecule has 2 N–H and O–H groups in total. The van der Waals surface area contributed by atoms with Gasteiger partial charge in [0.25, 0.3) is 5.56 Å². The van der Waals surface area contributed by atoms with Crippen LogP contribution in [0.25, 0.3) is 11.0 Å². The number of hydrogen-bond acceptors (Lipinski definition) is 4. The number of aryl methyl sites for hydroxylation is 1. The lowest BCUT2D eigenvalue weighted by molar-refractivity contribution is -0.122. The van der Waals surface area contributed by atoms with Crippen molar-refractivity contribution in [2.45, 2.75) is 38.3 Å². The third kappa shape index (κ3) is 4.91. The van der Waals surface area contributed by atoms with Crippen molar-refractivity contribution in [1.82, 2.24) is 20.2 Å². The van der Waals surface area contributed by atoms with Crippen LogP contribution in [0.2, 0.25) is 0 Å². The fourth-order valence-electron chi connectivity index (χ4n) is 3.95. The summed E-state index contributed by atoms with van der Waals surface area (Å²) in [5, 5.41) is 3.06. The summed E-state index contributed by atoms with van der Waals surface area (Å²) in [4.78, 5) is 34.0. The average molecular weight is 408 g/mol. The van der Waals surface area contributed by atoms with Crippen LogP contribution in [0.15, 0.2) is 53.3 Å². The monoisotopic (exact) mass is 408 g/mol. The summed E-state index contributed by atoms with van der Waals surface area (Å²) in [6.07, 6.45) is 2.34. The molecule has 1 amide bonds. The van der Waals surface area contributed by atoms with Gasteiger partial charge in [0.15, 0.2) is 0 Å². The number of carbonyl (C=O) groups is 1. The van der Waals surface area contributed by atoms with E-state index in [0.717, 1.165) is 19.4 Å². The number of nitrogens with one attached hydrogen (secondary N) is 2.